The summed E-state index contributed by atoms with van der Waals surface area (Å²) in [5.41, 5.74) is 4.94. The number of carboxylic acids is 1. The van der Waals surface area contributed by atoms with Gasteiger partial charge in [-0.15, -0.1) is 0 Å². The van der Waals surface area contributed by atoms with Gasteiger partial charge in [0.05, 0.1) is 0 Å². The van der Waals surface area contributed by atoms with Gasteiger partial charge in [0.2, 0.25) is 0 Å². The Bertz CT molecular complexity index is 248. The maximum atomic E-state index is 10.4. The fourth-order valence-electron chi connectivity index (χ4n) is 0.273. The lowest BCUT2D eigenvalue weighted by Crippen LogP contribution is -1.99. The molecule has 0 aromatic carbocycles. The summed E-state index contributed by atoms with van der Waals surface area (Å²) in [4.78, 5) is 10.4. The lowest BCUT2D eigenvalue weighted by atomic mass is 10.2. The van der Waals surface area contributed by atoms with Crippen molar-refractivity contribution in [3.63, 3.8) is 0 Å². The molecule has 3 heteroatoms. The number of carboxylic acid groups (broad SMARTS) is 1. The minimum absolute atomic E-state index is 0.757. The monoisotopic (exact) mass is 137 g/mol. The Balaban J connectivity index is 4.58. The Kier molecular flexibility index (Phi) is 1.60. The molecule has 0 aromatic heterocycles. The minimum atomic E-state index is -2.73. The van der Waals surface area contributed by atoms with Crippen LogP contribution in [0.2, 0.25) is 0 Å². The molecular weight excluding hydrogens is 118 g/mol. The van der Waals surface area contributed by atoms with Crippen molar-refractivity contribution >= 4 is 5.97 Å². The van der Waals surface area contributed by atoms with Crippen LogP contribution >= 0.6 is 0 Å². The van der Waals surface area contributed by atoms with E-state index in [0.29, 0.717) is 0 Å². The summed E-state index contributed by atoms with van der Waals surface area (Å²) in [6.45, 7) is -2.29. The first-order valence-electron chi connectivity index (χ1n) is 5.38. The number of aliphatic carboxylic acids is 1. The van der Waals surface area contributed by atoms with E-state index in [2.05, 4.69) is 0 Å². The molecule has 3 N–H and O–H groups in total. The first-order valence-corrected chi connectivity index (χ1v) is 2.38. The predicted octanol–water partition coefficient (Wildman–Crippen LogP) is 0.590. The summed E-state index contributed by atoms with van der Waals surface area (Å²) in [5.74, 6) is -1.77. The Labute approximate surface area is 63.3 Å². The second-order valence-electron chi connectivity index (χ2n) is 1.29. The van der Waals surface area contributed by atoms with Crippen molar-refractivity contribution in [1.82, 2.24) is 0 Å². The van der Waals surface area contributed by atoms with E-state index in [4.69, 9.17) is 19.1 Å². The minimum Gasteiger partial charge on any atom is -0.481 e. The molecule has 0 saturated heterocycles. The van der Waals surface area contributed by atoms with Crippen LogP contribution in [-0.4, -0.2) is 17.6 Å². The standard InChI is InChI=1S/C6H13NO2/c7-5-3-1-2-4-6(8)9/h1-5,7H2,(H,8,9)/i1D2,4D2,5D2. The highest BCUT2D eigenvalue weighted by Gasteiger charge is 1.94. The van der Waals surface area contributed by atoms with Crippen molar-refractivity contribution in [3.8, 4) is 0 Å². The number of rotatable bonds is 5. The van der Waals surface area contributed by atoms with Crippen LogP contribution < -0.4 is 5.73 Å². The molecule has 0 aliphatic rings. The van der Waals surface area contributed by atoms with E-state index < -0.39 is 38.1 Å². The normalized spacial score (nSPS) is 24.1. The third-order valence-corrected chi connectivity index (χ3v) is 0.592. The maximum Gasteiger partial charge on any atom is 0.303 e. The molecule has 3 nitrogen and oxygen atoms in total. The van der Waals surface area contributed by atoms with E-state index in [-0.39, 0.29) is 0 Å². The van der Waals surface area contributed by atoms with Gasteiger partial charge in [-0.2, -0.15) is 0 Å². The van der Waals surface area contributed by atoms with E-state index in [9.17, 15) is 4.79 Å². The molecule has 0 amide bonds. The number of nitrogens with two attached hydrogens (primary N) is 1. The molecule has 0 radical (unpaired) electrons. The highest BCUT2D eigenvalue weighted by Crippen LogP contribution is 1.97. The maximum absolute atomic E-state index is 10.4. The second kappa shape index (κ2) is 5.56. The van der Waals surface area contributed by atoms with Crippen LogP contribution in [0.25, 0.3) is 0 Å². The SMILES string of the molecule is [2H]C([2H])(N)CC([2H])([2H])CC([2H])([2H])C(=O)O. The largest absolute Gasteiger partial charge is 0.481 e. The third-order valence-electron chi connectivity index (χ3n) is 0.592. The zero-order chi connectivity index (χ0) is 12.5. The number of carbonyl (C=O) groups is 1. The summed E-state index contributed by atoms with van der Waals surface area (Å²) in [6.07, 6.45) is -6.73. The Hall–Kier alpha value is -0.570. The van der Waals surface area contributed by atoms with Crippen LogP contribution in [-0.2, 0) is 4.79 Å². The van der Waals surface area contributed by atoms with Crippen LogP contribution in [0.1, 0.15) is 33.8 Å². The van der Waals surface area contributed by atoms with Gasteiger partial charge in [0.15, 0.2) is 0 Å². The van der Waals surface area contributed by atoms with E-state index in [1.54, 1.807) is 0 Å². The van der Waals surface area contributed by atoms with Gasteiger partial charge in [0.1, 0.15) is 0 Å². The van der Waals surface area contributed by atoms with Gasteiger partial charge in [-0.3, -0.25) is 4.79 Å². The first kappa shape index (κ1) is 2.58. The quantitative estimate of drug-likeness (QED) is 0.583. The van der Waals surface area contributed by atoms with E-state index in [0.717, 1.165) is 0 Å². The lowest BCUT2D eigenvalue weighted by molar-refractivity contribution is -0.137. The average molecular weight is 137 g/mol. The second-order valence-corrected chi connectivity index (χ2v) is 1.29. The fraction of sp³-hybridized carbons (Fsp3) is 0.833. The van der Waals surface area contributed by atoms with Crippen molar-refractivity contribution in [3.05, 3.63) is 0 Å². The van der Waals surface area contributed by atoms with Gasteiger partial charge in [0, 0.05) is 14.6 Å². The summed E-state index contributed by atoms with van der Waals surface area (Å²) in [7, 11) is 0. The van der Waals surface area contributed by atoms with E-state index >= 15 is 0 Å². The highest BCUT2D eigenvalue weighted by atomic mass is 16.4. The molecule has 0 aliphatic heterocycles. The van der Waals surface area contributed by atoms with Gasteiger partial charge in [-0.05, 0) is 19.3 Å². The Morgan fingerprint density at radius 2 is 2.33 bits per heavy atom. The van der Waals surface area contributed by atoms with Crippen LogP contribution in [0.3, 0.4) is 0 Å². The zero-order valence-electron chi connectivity index (χ0n) is 10.8. The van der Waals surface area contributed by atoms with Gasteiger partial charge in [-0.1, -0.05) is 6.37 Å². The van der Waals surface area contributed by atoms with Crippen molar-refractivity contribution in [2.24, 2.45) is 5.73 Å². The zero-order valence-corrected chi connectivity index (χ0v) is 4.85. The van der Waals surface area contributed by atoms with Gasteiger partial charge < -0.3 is 10.8 Å². The summed E-state index contributed by atoms with van der Waals surface area (Å²) in [6, 6.07) is 0. The summed E-state index contributed by atoms with van der Waals surface area (Å²) in [5, 5.41) is 8.44. The molecule has 0 spiro atoms. The Morgan fingerprint density at radius 1 is 1.67 bits per heavy atom. The molecule has 54 valence electrons. The van der Waals surface area contributed by atoms with Crippen molar-refractivity contribution in [2.75, 3.05) is 6.50 Å². The number of hydrogen-bond acceptors (Lipinski definition) is 2. The van der Waals surface area contributed by atoms with E-state index in [1.165, 1.54) is 0 Å². The average Bonchev–Trinajstić information content (AvgIpc) is 1.75. The van der Waals surface area contributed by atoms with Crippen molar-refractivity contribution in [2.45, 2.75) is 25.6 Å². The van der Waals surface area contributed by atoms with Gasteiger partial charge in [-0.25, -0.2) is 0 Å². The fourth-order valence-corrected chi connectivity index (χ4v) is 0.273. The molecule has 0 atom stereocenters. The molecule has 0 aliphatic carbocycles. The smallest absolute Gasteiger partial charge is 0.303 e. The lowest BCUT2D eigenvalue weighted by Gasteiger charge is -1.93. The molecule has 0 saturated carbocycles. The Morgan fingerprint density at radius 3 is 2.78 bits per heavy atom. The summed E-state index contributed by atoms with van der Waals surface area (Å²) >= 11 is 0. The third kappa shape index (κ3) is 7.43. The molecule has 0 unspecified atom stereocenters. The van der Waals surface area contributed by atoms with Crippen molar-refractivity contribution < 1.29 is 18.1 Å². The van der Waals surface area contributed by atoms with Crippen LogP contribution in [0.5, 0.6) is 0 Å². The topological polar surface area (TPSA) is 63.3 Å². The molecule has 0 heterocycles. The van der Waals surface area contributed by atoms with Crippen LogP contribution in [0.15, 0.2) is 0 Å². The highest BCUT2D eigenvalue weighted by molar-refractivity contribution is 5.66. The molecular formula is C6H13NO2. The van der Waals surface area contributed by atoms with Gasteiger partial charge >= 0.3 is 5.97 Å². The molecule has 9 heavy (non-hydrogen) atoms. The molecule has 0 aromatic rings. The van der Waals surface area contributed by atoms with E-state index in [1.807, 2.05) is 0 Å². The molecule has 0 fully saturated rings. The molecule has 0 bridgehead atoms. The summed E-state index contributed by atoms with van der Waals surface area (Å²) < 4.78 is 42.4. The molecule has 0 rings (SSSR count). The van der Waals surface area contributed by atoms with Crippen molar-refractivity contribution in [1.29, 1.82) is 0 Å². The van der Waals surface area contributed by atoms with Gasteiger partial charge in [0.25, 0.3) is 0 Å². The van der Waals surface area contributed by atoms with Crippen LogP contribution in [0, 0.1) is 0 Å². The number of hydrogen-bond donors (Lipinski definition) is 2. The van der Waals surface area contributed by atoms with Crippen LogP contribution in [0.4, 0.5) is 0 Å². The predicted molar refractivity (Wildman–Crippen MR) is 35.2 cm³/mol. The first-order chi connectivity index (χ1) is 6.36.